The van der Waals surface area contributed by atoms with Crippen molar-refractivity contribution in [1.82, 2.24) is 5.32 Å². The van der Waals surface area contributed by atoms with Crippen LogP contribution in [0.3, 0.4) is 0 Å². The van der Waals surface area contributed by atoms with Crippen molar-refractivity contribution in [3.05, 3.63) is 20.8 Å². The molecule has 4 heteroatoms. The number of rotatable bonds is 3. The molecule has 1 rings (SSSR count). The minimum absolute atomic E-state index is 0.569. The Morgan fingerprint density at radius 3 is 2.75 bits per heavy atom. The molecule has 0 saturated heterocycles. The van der Waals surface area contributed by atoms with Gasteiger partial charge in [-0.2, -0.15) is 0 Å². The van der Waals surface area contributed by atoms with E-state index in [9.17, 15) is 5.11 Å². The highest BCUT2D eigenvalue weighted by atomic mass is 79.9. The van der Waals surface area contributed by atoms with Gasteiger partial charge in [-0.1, -0.05) is 0 Å². The van der Waals surface area contributed by atoms with Crippen LogP contribution < -0.4 is 5.32 Å². The summed E-state index contributed by atoms with van der Waals surface area (Å²) in [5.74, 6) is 0. The number of halogens is 1. The van der Waals surface area contributed by atoms with Gasteiger partial charge in [-0.3, -0.25) is 0 Å². The van der Waals surface area contributed by atoms with Crippen LogP contribution in [0.1, 0.15) is 11.8 Å². The summed E-state index contributed by atoms with van der Waals surface area (Å²) >= 11 is 4.92. The van der Waals surface area contributed by atoms with Gasteiger partial charge >= 0.3 is 0 Å². The van der Waals surface area contributed by atoms with Crippen LogP contribution in [0.5, 0.6) is 0 Å². The number of likely N-dealkylation sites (N-methyl/N-ethyl adjacent to an activating group) is 1. The van der Waals surface area contributed by atoms with Gasteiger partial charge in [0.2, 0.25) is 0 Å². The van der Waals surface area contributed by atoms with E-state index in [1.54, 1.807) is 11.3 Å². The molecule has 2 nitrogen and oxygen atoms in total. The van der Waals surface area contributed by atoms with Crippen LogP contribution in [0.25, 0.3) is 0 Å². The van der Waals surface area contributed by atoms with Crippen molar-refractivity contribution < 1.29 is 5.11 Å². The first-order chi connectivity index (χ1) is 5.56. The first-order valence-corrected chi connectivity index (χ1v) is 5.30. The Hall–Kier alpha value is 0.1000. The third kappa shape index (κ3) is 2.29. The Balaban J connectivity index is 2.81. The highest BCUT2D eigenvalue weighted by molar-refractivity contribution is 9.11. The molecule has 1 unspecified atom stereocenters. The zero-order valence-corrected chi connectivity index (χ0v) is 9.50. The molecule has 0 aliphatic heterocycles. The quantitative estimate of drug-likeness (QED) is 0.859. The van der Waals surface area contributed by atoms with Crippen molar-refractivity contribution >= 4 is 27.3 Å². The van der Waals surface area contributed by atoms with Crippen molar-refractivity contribution in [3.63, 3.8) is 0 Å². The summed E-state index contributed by atoms with van der Waals surface area (Å²) in [6, 6.07) is 3.89. The van der Waals surface area contributed by atoms with Crippen molar-refractivity contribution in [2.75, 3.05) is 13.6 Å². The van der Waals surface area contributed by atoms with Gasteiger partial charge in [-0.15, -0.1) is 11.3 Å². The average molecular weight is 250 g/mol. The van der Waals surface area contributed by atoms with E-state index in [1.165, 1.54) is 0 Å². The molecule has 0 radical (unpaired) electrons. The summed E-state index contributed by atoms with van der Waals surface area (Å²) in [6.07, 6.45) is 0. The molecule has 0 bridgehead atoms. The Bertz CT molecular complexity index is 259. The second-order valence-electron chi connectivity index (χ2n) is 2.91. The van der Waals surface area contributed by atoms with Gasteiger partial charge in [0.25, 0.3) is 0 Å². The van der Waals surface area contributed by atoms with Crippen LogP contribution in [0.4, 0.5) is 0 Å². The Morgan fingerprint density at radius 1 is 1.67 bits per heavy atom. The lowest BCUT2D eigenvalue weighted by Gasteiger charge is -2.20. The molecule has 0 aliphatic rings. The summed E-state index contributed by atoms with van der Waals surface area (Å²) in [6.45, 7) is 2.38. The van der Waals surface area contributed by atoms with Crippen molar-refractivity contribution in [2.24, 2.45) is 0 Å². The maximum atomic E-state index is 9.93. The lowest BCUT2D eigenvalue weighted by atomic mass is 10.1. The molecule has 12 heavy (non-hydrogen) atoms. The van der Waals surface area contributed by atoms with Gasteiger partial charge in [0.1, 0.15) is 5.60 Å². The third-order valence-electron chi connectivity index (χ3n) is 1.63. The largest absolute Gasteiger partial charge is 0.383 e. The van der Waals surface area contributed by atoms with Gasteiger partial charge in [0, 0.05) is 11.4 Å². The van der Waals surface area contributed by atoms with Gasteiger partial charge in [0.05, 0.1) is 3.79 Å². The van der Waals surface area contributed by atoms with E-state index in [-0.39, 0.29) is 0 Å². The molecule has 1 atom stereocenters. The van der Waals surface area contributed by atoms with Crippen LogP contribution in [0.15, 0.2) is 15.9 Å². The van der Waals surface area contributed by atoms with E-state index in [0.29, 0.717) is 6.54 Å². The van der Waals surface area contributed by atoms with Gasteiger partial charge in [-0.25, -0.2) is 0 Å². The zero-order chi connectivity index (χ0) is 9.19. The summed E-state index contributed by atoms with van der Waals surface area (Å²) in [5, 5.41) is 12.9. The number of aliphatic hydroxyl groups is 1. The van der Waals surface area contributed by atoms with Crippen molar-refractivity contribution in [3.8, 4) is 0 Å². The molecule has 1 aromatic rings. The molecule has 0 aromatic carbocycles. The molecular weight excluding hydrogens is 238 g/mol. The highest BCUT2D eigenvalue weighted by Gasteiger charge is 2.23. The lowest BCUT2D eigenvalue weighted by molar-refractivity contribution is 0.0630. The second-order valence-corrected chi connectivity index (χ2v) is 5.37. The van der Waals surface area contributed by atoms with Crippen molar-refractivity contribution in [1.29, 1.82) is 0 Å². The van der Waals surface area contributed by atoms with Gasteiger partial charge < -0.3 is 10.4 Å². The normalized spacial score (nSPS) is 16.0. The molecule has 1 heterocycles. The van der Waals surface area contributed by atoms with Crippen LogP contribution in [-0.2, 0) is 5.60 Å². The van der Waals surface area contributed by atoms with E-state index in [2.05, 4.69) is 21.2 Å². The van der Waals surface area contributed by atoms with Gasteiger partial charge in [0.15, 0.2) is 0 Å². The molecule has 0 amide bonds. The Morgan fingerprint density at radius 2 is 2.33 bits per heavy atom. The molecule has 0 spiro atoms. The van der Waals surface area contributed by atoms with Crippen LogP contribution in [-0.4, -0.2) is 18.7 Å². The van der Waals surface area contributed by atoms with E-state index in [0.717, 1.165) is 8.66 Å². The summed E-state index contributed by atoms with van der Waals surface area (Å²) in [5.41, 5.74) is -0.758. The lowest BCUT2D eigenvalue weighted by Crippen LogP contribution is -2.32. The SMILES string of the molecule is CNCC(C)(O)c1ccc(Br)s1. The average Bonchev–Trinajstić information content (AvgIpc) is 2.36. The number of nitrogens with one attached hydrogen (secondary N) is 1. The first-order valence-electron chi connectivity index (χ1n) is 3.69. The fourth-order valence-electron chi connectivity index (χ4n) is 1.04. The topological polar surface area (TPSA) is 32.3 Å². The van der Waals surface area contributed by atoms with Gasteiger partial charge in [-0.05, 0) is 42.0 Å². The van der Waals surface area contributed by atoms with Crippen LogP contribution in [0, 0.1) is 0 Å². The standard InChI is InChI=1S/C8H12BrNOS/c1-8(11,5-10-2)6-3-4-7(9)12-6/h3-4,10-11H,5H2,1-2H3. The van der Waals surface area contributed by atoms with Crippen LogP contribution >= 0.6 is 27.3 Å². The molecule has 2 N–H and O–H groups in total. The number of thiophene rings is 1. The minimum atomic E-state index is -0.758. The van der Waals surface area contributed by atoms with E-state index in [4.69, 9.17) is 0 Å². The number of hydrogen-bond acceptors (Lipinski definition) is 3. The Labute approximate surface area is 84.7 Å². The number of hydrogen-bond donors (Lipinski definition) is 2. The van der Waals surface area contributed by atoms with E-state index >= 15 is 0 Å². The zero-order valence-electron chi connectivity index (χ0n) is 7.10. The molecule has 68 valence electrons. The molecule has 0 fully saturated rings. The van der Waals surface area contributed by atoms with E-state index in [1.807, 2.05) is 26.1 Å². The maximum Gasteiger partial charge on any atom is 0.108 e. The van der Waals surface area contributed by atoms with E-state index < -0.39 is 5.60 Å². The molecular formula is C8H12BrNOS. The molecule has 0 aliphatic carbocycles. The smallest absolute Gasteiger partial charge is 0.108 e. The molecule has 1 aromatic heterocycles. The summed E-state index contributed by atoms with van der Waals surface area (Å²) in [7, 11) is 1.83. The van der Waals surface area contributed by atoms with Crippen molar-refractivity contribution in [2.45, 2.75) is 12.5 Å². The van der Waals surface area contributed by atoms with Crippen LogP contribution in [0.2, 0.25) is 0 Å². The monoisotopic (exact) mass is 249 g/mol. The summed E-state index contributed by atoms with van der Waals surface area (Å²) < 4.78 is 1.05. The summed E-state index contributed by atoms with van der Waals surface area (Å²) in [4.78, 5) is 0.976. The maximum absolute atomic E-state index is 9.93. The Kier molecular flexibility index (Phi) is 3.29. The third-order valence-corrected chi connectivity index (χ3v) is 3.50. The highest BCUT2D eigenvalue weighted by Crippen LogP contribution is 2.30. The predicted molar refractivity (Wildman–Crippen MR) is 55.5 cm³/mol. The molecule has 0 saturated carbocycles. The fraction of sp³-hybridized carbons (Fsp3) is 0.500. The first kappa shape index (κ1) is 10.2. The second kappa shape index (κ2) is 3.87. The minimum Gasteiger partial charge on any atom is -0.383 e. The fourth-order valence-corrected chi connectivity index (χ4v) is 2.46. The predicted octanol–water partition coefficient (Wildman–Crippen LogP) is 1.94.